The van der Waals surface area contributed by atoms with Gasteiger partial charge in [-0.25, -0.2) is 8.78 Å². The lowest BCUT2D eigenvalue weighted by Crippen LogP contribution is -2.31. The number of aliphatic hydroxyl groups excluding tert-OH is 1. The van der Waals surface area contributed by atoms with E-state index in [1.54, 1.807) is 14.0 Å². The number of likely N-dealkylation sites (N-methyl/N-ethyl adjacent to an activating group) is 1. The Bertz CT molecular complexity index is 77.8. The zero-order chi connectivity index (χ0) is 8.15. The molecule has 62 valence electrons. The van der Waals surface area contributed by atoms with E-state index >= 15 is 0 Å². The number of rotatable bonds is 4. The van der Waals surface area contributed by atoms with Crippen LogP contribution in [0.25, 0.3) is 0 Å². The molecule has 0 saturated heterocycles. The molecule has 0 rings (SSSR count). The van der Waals surface area contributed by atoms with Gasteiger partial charge in [-0.1, -0.05) is 0 Å². The molecule has 0 spiro atoms. The Hall–Kier alpha value is -0.220. The number of halogens is 2. The molecular weight excluding hydrogens is 140 g/mol. The number of alkyl halides is 2. The average Bonchev–Trinajstić information content (AvgIpc) is 1.58. The van der Waals surface area contributed by atoms with Gasteiger partial charge in [0.05, 0.1) is 12.6 Å². The van der Waals surface area contributed by atoms with Gasteiger partial charge in [0, 0.05) is 6.54 Å². The molecule has 1 N–H and O–H groups in total. The zero-order valence-corrected chi connectivity index (χ0v) is 6.22. The van der Waals surface area contributed by atoms with Crippen LogP contribution >= 0.6 is 0 Å². The predicted octanol–water partition coefficient (Wildman–Crippen LogP) is 0.564. The van der Waals surface area contributed by atoms with Gasteiger partial charge in [-0.3, -0.25) is 4.90 Å². The van der Waals surface area contributed by atoms with Crippen LogP contribution in [0.4, 0.5) is 8.78 Å². The number of hydrogen-bond donors (Lipinski definition) is 1. The maximum Gasteiger partial charge on any atom is 0.251 e. The molecule has 4 heteroatoms. The second-order valence-corrected chi connectivity index (χ2v) is 2.46. The summed E-state index contributed by atoms with van der Waals surface area (Å²) >= 11 is 0. The smallest absolute Gasteiger partial charge is 0.251 e. The number of hydrogen-bond acceptors (Lipinski definition) is 2. The lowest BCUT2D eigenvalue weighted by molar-refractivity contribution is 0.0737. The SMILES string of the molecule is C[C@@H](O)CN(C)CC(F)F. The van der Waals surface area contributed by atoms with E-state index in [1.165, 1.54) is 4.90 Å². The molecule has 0 aromatic rings. The molecule has 0 aliphatic heterocycles. The first-order chi connectivity index (χ1) is 4.52. The maximum atomic E-state index is 11.6. The second kappa shape index (κ2) is 4.57. The van der Waals surface area contributed by atoms with E-state index in [9.17, 15) is 8.78 Å². The van der Waals surface area contributed by atoms with Gasteiger partial charge in [0.25, 0.3) is 6.43 Å². The van der Waals surface area contributed by atoms with E-state index in [4.69, 9.17) is 5.11 Å². The molecular formula is C6H13F2NO. The highest BCUT2D eigenvalue weighted by Crippen LogP contribution is 1.96. The Morgan fingerprint density at radius 1 is 1.40 bits per heavy atom. The molecule has 0 fully saturated rings. The Morgan fingerprint density at radius 2 is 1.90 bits per heavy atom. The minimum absolute atomic E-state index is 0.273. The summed E-state index contributed by atoms with van der Waals surface area (Å²) in [5, 5.41) is 8.75. The highest BCUT2D eigenvalue weighted by Gasteiger charge is 2.08. The van der Waals surface area contributed by atoms with Crippen molar-refractivity contribution in [2.24, 2.45) is 0 Å². The third-order valence-electron chi connectivity index (χ3n) is 1.03. The van der Waals surface area contributed by atoms with E-state index in [1.807, 2.05) is 0 Å². The summed E-state index contributed by atoms with van der Waals surface area (Å²) < 4.78 is 23.2. The second-order valence-electron chi connectivity index (χ2n) is 2.46. The van der Waals surface area contributed by atoms with Crippen LogP contribution in [0.5, 0.6) is 0 Å². The number of nitrogens with zero attached hydrogens (tertiary/aromatic N) is 1. The van der Waals surface area contributed by atoms with Crippen molar-refractivity contribution in [2.45, 2.75) is 19.5 Å². The highest BCUT2D eigenvalue weighted by atomic mass is 19.3. The molecule has 2 nitrogen and oxygen atoms in total. The Labute approximate surface area is 59.4 Å². The first-order valence-corrected chi connectivity index (χ1v) is 3.17. The van der Waals surface area contributed by atoms with Gasteiger partial charge in [-0.05, 0) is 14.0 Å². The van der Waals surface area contributed by atoms with Crippen LogP contribution in [-0.4, -0.2) is 42.7 Å². The van der Waals surface area contributed by atoms with E-state index in [0.29, 0.717) is 6.54 Å². The van der Waals surface area contributed by atoms with Gasteiger partial charge in [0.2, 0.25) is 0 Å². The van der Waals surface area contributed by atoms with Crippen molar-refractivity contribution in [3.8, 4) is 0 Å². The molecule has 0 bridgehead atoms. The molecule has 0 aromatic carbocycles. The lowest BCUT2D eigenvalue weighted by Gasteiger charge is -2.16. The standard InChI is InChI=1S/C6H13F2NO/c1-5(10)3-9(2)4-6(7)8/h5-6,10H,3-4H2,1-2H3/t5-/m1/s1. The van der Waals surface area contributed by atoms with Crippen molar-refractivity contribution in [3.63, 3.8) is 0 Å². The van der Waals surface area contributed by atoms with Crippen molar-refractivity contribution in [3.05, 3.63) is 0 Å². The molecule has 0 unspecified atom stereocenters. The van der Waals surface area contributed by atoms with Crippen LogP contribution in [0.15, 0.2) is 0 Å². The molecule has 0 amide bonds. The van der Waals surface area contributed by atoms with Crippen molar-refractivity contribution in [2.75, 3.05) is 20.1 Å². The van der Waals surface area contributed by atoms with Crippen LogP contribution in [-0.2, 0) is 0 Å². The van der Waals surface area contributed by atoms with E-state index in [2.05, 4.69) is 0 Å². The van der Waals surface area contributed by atoms with E-state index in [0.717, 1.165) is 0 Å². The number of aliphatic hydroxyl groups is 1. The van der Waals surface area contributed by atoms with Gasteiger partial charge in [-0.15, -0.1) is 0 Å². The average molecular weight is 153 g/mol. The zero-order valence-electron chi connectivity index (χ0n) is 6.22. The largest absolute Gasteiger partial charge is 0.392 e. The van der Waals surface area contributed by atoms with Gasteiger partial charge >= 0.3 is 0 Å². The Kier molecular flexibility index (Phi) is 4.47. The Morgan fingerprint density at radius 3 is 2.20 bits per heavy atom. The van der Waals surface area contributed by atoms with Crippen molar-refractivity contribution in [1.29, 1.82) is 0 Å². The molecule has 0 aromatic heterocycles. The van der Waals surface area contributed by atoms with Crippen LogP contribution < -0.4 is 0 Å². The quantitative estimate of drug-likeness (QED) is 0.638. The van der Waals surface area contributed by atoms with Gasteiger partial charge < -0.3 is 5.11 Å². The fraction of sp³-hybridized carbons (Fsp3) is 1.00. The molecule has 0 radical (unpaired) electrons. The van der Waals surface area contributed by atoms with E-state index < -0.39 is 12.5 Å². The molecule has 0 heterocycles. The molecule has 0 aliphatic rings. The third kappa shape index (κ3) is 5.91. The van der Waals surface area contributed by atoms with Crippen molar-refractivity contribution >= 4 is 0 Å². The normalized spacial score (nSPS) is 14.7. The molecule has 10 heavy (non-hydrogen) atoms. The summed E-state index contributed by atoms with van der Waals surface area (Å²) in [6.07, 6.45) is -2.85. The van der Waals surface area contributed by atoms with Crippen LogP contribution in [0, 0.1) is 0 Å². The van der Waals surface area contributed by atoms with Crippen molar-refractivity contribution in [1.82, 2.24) is 4.90 Å². The monoisotopic (exact) mass is 153 g/mol. The minimum Gasteiger partial charge on any atom is -0.392 e. The summed E-state index contributed by atoms with van der Waals surface area (Å²) in [5.41, 5.74) is 0. The van der Waals surface area contributed by atoms with Crippen LogP contribution in [0.3, 0.4) is 0 Å². The van der Waals surface area contributed by atoms with Gasteiger partial charge in [-0.2, -0.15) is 0 Å². The first kappa shape index (κ1) is 9.78. The maximum absolute atomic E-state index is 11.6. The summed E-state index contributed by atoms with van der Waals surface area (Å²) in [6.45, 7) is 1.59. The van der Waals surface area contributed by atoms with E-state index in [-0.39, 0.29) is 6.54 Å². The topological polar surface area (TPSA) is 23.5 Å². The van der Waals surface area contributed by atoms with Crippen LogP contribution in [0.2, 0.25) is 0 Å². The van der Waals surface area contributed by atoms with Gasteiger partial charge in [0.1, 0.15) is 0 Å². The minimum atomic E-state index is -2.32. The lowest BCUT2D eigenvalue weighted by atomic mass is 10.4. The summed E-state index contributed by atoms with van der Waals surface area (Å²) in [6, 6.07) is 0. The first-order valence-electron chi connectivity index (χ1n) is 3.17. The molecule has 0 aliphatic carbocycles. The van der Waals surface area contributed by atoms with Crippen LogP contribution in [0.1, 0.15) is 6.92 Å². The predicted molar refractivity (Wildman–Crippen MR) is 35.2 cm³/mol. The third-order valence-corrected chi connectivity index (χ3v) is 1.03. The fourth-order valence-electron chi connectivity index (χ4n) is 0.761. The highest BCUT2D eigenvalue weighted by molar-refractivity contribution is 4.56. The van der Waals surface area contributed by atoms with Crippen molar-refractivity contribution < 1.29 is 13.9 Å². The molecule has 1 atom stereocenters. The Balaban J connectivity index is 3.34. The summed E-state index contributed by atoms with van der Waals surface area (Å²) in [4.78, 5) is 1.40. The van der Waals surface area contributed by atoms with Gasteiger partial charge in [0.15, 0.2) is 0 Å². The molecule has 0 saturated carbocycles. The summed E-state index contributed by atoms with van der Waals surface area (Å²) in [5.74, 6) is 0. The fourth-order valence-corrected chi connectivity index (χ4v) is 0.761. The summed E-state index contributed by atoms with van der Waals surface area (Å²) in [7, 11) is 1.55.